The molecule has 0 unspecified atom stereocenters. The van der Waals surface area contributed by atoms with Crippen molar-refractivity contribution in [2.24, 2.45) is 0 Å². The first kappa shape index (κ1) is 8.90. The van der Waals surface area contributed by atoms with Crippen LogP contribution in [0.4, 0.5) is 4.79 Å². The van der Waals surface area contributed by atoms with E-state index in [1.54, 1.807) is 0 Å². The molecule has 0 aliphatic heterocycles. The van der Waals surface area contributed by atoms with Crippen LogP contribution in [0.25, 0.3) is 0 Å². The van der Waals surface area contributed by atoms with Gasteiger partial charge in [0.15, 0.2) is 0 Å². The zero-order chi connectivity index (χ0) is 3.58. The molecule has 0 amide bonds. The van der Waals surface area contributed by atoms with Gasteiger partial charge in [-0.05, 0) is 0 Å². The average Bonchev–Trinajstić information content (AvgIpc) is 0.811. The van der Waals surface area contributed by atoms with E-state index in [9.17, 15) is 0 Å². The minimum atomic E-state index is -1.83. The van der Waals surface area contributed by atoms with Gasteiger partial charge in [0.1, 0.15) is 0 Å². The molecule has 28 valence electrons. The predicted octanol–water partition coefficient (Wildman–Crippen LogP) is 0.0666. The molecule has 2 N–H and O–H groups in total. The van der Waals surface area contributed by atoms with Crippen molar-refractivity contribution < 1.29 is 17.9 Å². The van der Waals surface area contributed by atoms with Crippen LogP contribution in [0, 0.1) is 0 Å². The zero-order valence-electron chi connectivity index (χ0n) is 4.51. The summed E-state index contributed by atoms with van der Waals surface area (Å²) >= 11 is 0. The van der Waals surface area contributed by atoms with Gasteiger partial charge < -0.3 is 13.1 Å². The molecule has 3 nitrogen and oxygen atoms in total. The van der Waals surface area contributed by atoms with E-state index in [2.05, 4.69) is 0 Å². The topological polar surface area (TPSA) is 57.5 Å². The Morgan fingerprint density at radius 2 is 1.60 bits per heavy atom. The fraction of sp³-hybridized carbons (Fsp3) is 0. The van der Waals surface area contributed by atoms with Gasteiger partial charge in [-0.15, -0.1) is 0 Å². The number of carboxylic acid groups (broad SMARTS) is 2. The molecule has 0 aromatic heterocycles. The van der Waals surface area contributed by atoms with Gasteiger partial charge in [0, 0.05) is 0 Å². The number of hydrogen-bond acceptors (Lipinski definition) is 1. The maximum Gasteiger partial charge on any atom is 2.00 e. The third-order valence-electron chi connectivity index (χ3n) is 0. The summed E-state index contributed by atoms with van der Waals surface area (Å²) in [5, 5.41) is 13.9. The van der Waals surface area contributed by atoms with Crippen molar-refractivity contribution in [1.29, 1.82) is 0 Å². The maximum atomic E-state index is 8.56. The van der Waals surface area contributed by atoms with Crippen molar-refractivity contribution in [1.82, 2.24) is 0 Å². The summed E-state index contributed by atoms with van der Waals surface area (Å²) < 4.78 is 0. The Hall–Kier alpha value is 0.0362. The second-order valence-electron chi connectivity index (χ2n) is 0.283. The van der Waals surface area contributed by atoms with Gasteiger partial charge in [-0.2, -0.15) is 0 Å². The third kappa shape index (κ3) is 12700. The summed E-state index contributed by atoms with van der Waals surface area (Å²) in [6, 6.07) is 0. The van der Waals surface area contributed by atoms with Gasteiger partial charge in [-0.1, -0.05) is 0 Å². The summed E-state index contributed by atoms with van der Waals surface area (Å²) in [4.78, 5) is 8.56. The molecule has 0 heterocycles. The van der Waals surface area contributed by atoms with Crippen LogP contribution in [0.5, 0.6) is 0 Å². The van der Waals surface area contributed by atoms with E-state index in [0.29, 0.717) is 0 Å². The first-order valence-electron chi connectivity index (χ1n) is 0.651. The van der Waals surface area contributed by atoms with Gasteiger partial charge in [-0.3, -0.25) is 0 Å². The Balaban J connectivity index is -0.0000000150. The summed E-state index contributed by atoms with van der Waals surface area (Å²) in [6.07, 6.45) is -1.83. The monoisotopic (exact) mass is 88.0 g/mol. The number of hydrogen-bond donors (Lipinski definition) is 2. The van der Waals surface area contributed by atoms with Crippen LogP contribution in [0.15, 0.2) is 0 Å². The Morgan fingerprint density at radius 1 is 1.60 bits per heavy atom. The van der Waals surface area contributed by atoms with Crippen molar-refractivity contribution in [3.63, 3.8) is 0 Å². The molecule has 0 saturated carbocycles. The van der Waals surface area contributed by atoms with E-state index in [1.165, 1.54) is 0 Å². The van der Waals surface area contributed by atoms with Gasteiger partial charge >= 0.3 is 29.2 Å². The Labute approximate surface area is 47.7 Å². The second kappa shape index (κ2) is 4.04. The normalized spacial score (nSPS) is 4.80. The van der Waals surface area contributed by atoms with Crippen LogP contribution >= 0.6 is 0 Å². The first-order valence-corrected chi connectivity index (χ1v) is 0.651. The van der Waals surface area contributed by atoms with Crippen molar-refractivity contribution >= 4 is 29.2 Å². The molecule has 0 aliphatic rings. The smallest absolute Gasteiger partial charge is 1.00 e. The van der Waals surface area contributed by atoms with E-state index >= 15 is 0 Å². The summed E-state index contributed by atoms with van der Waals surface area (Å²) in [7, 11) is 0. The standard InChI is InChI=1S/CH2O3.Mg.2H/c2-1(3)4;;;/h(H2,2,3,4);;;/q;+2;2*-1. The molecular formula is CH4MgO3. The molecule has 0 rings (SSSR count). The molecule has 5 heavy (non-hydrogen) atoms. The van der Waals surface area contributed by atoms with Crippen LogP contribution in [0.3, 0.4) is 0 Å². The Bertz CT molecular complexity index is 35.9. The van der Waals surface area contributed by atoms with Gasteiger partial charge in [0.05, 0.1) is 0 Å². The van der Waals surface area contributed by atoms with Gasteiger partial charge in [0.25, 0.3) is 0 Å². The minimum Gasteiger partial charge on any atom is -1.00 e. The molecule has 0 aromatic carbocycles. The fourth-order valence-corrected chi connectivity index (χ4v) is 0. The number of rotatable bonds is 0. The van der Waals surface area contributed by atoms with Gasteiger partial charge in [0.2, 0.25) is 0 Å². The summed E-state index contributed by atoms with van der Waals surface area (Å²) in [5.41, 5.74) is 0. The second-order valence-corrected chi connectivity index (χ2v) is 0.283. The van der Waals surface area contributed by atoms with Crippen LogP contribution in [-0.4, -0.2) is 39.4 Å². The van der Waals surface area contributed by atoms with E-state index in [4.69, 9.17) is 15.0 Å². The molecule has 0 radical (unpaired) electrons. The van der Waals surface area contributed by atoms with Crippen LogP contribution in [0.2, 0.25) is 0 Å². The Morgan fingerprint density at radius 3 is 1.60 bits per heavy atom. The van der Waals surface area contributed by atoms with E-state index in [1.807, 2.05) is 0 Å². The first-order chi connectivity index (χ1) is 1.73. The predicted molar refractivity (Wildman–Crippen MR) is 18.6 cm³/mol. The van der Waals surface area contributed by atoms with Gasteiger partial charge in [-0.25, -0.2) is 4.79 Å². The molecule has 0 spiro atoms. The average molecular weight is 88.3 g/mol. The summed E-state index contributed by atoms with van der Waals surface area (Å²) in [6.45, 7) is 0. The van der Waals surface area contributed by atoms with Crippen LogP contribution in [0.1, 0.15) is 2.85 Å². The molecule has 0 saturated heterocycles. The summed E-state index contributed by atoms with van der Waals surface area (Å²) in [5.74, 6) is 0. The van der Waals surface area contributed by atoms with Crippen molar-refractivity contribution in [3.8, 4) is 0 Å². The van der Waals surface area contributed by atoms with Crippen molar-refractivity contribution in [3.05, 3.63) is 0 Å². The molecule has 0 aromatic rings. The molecule has 0 bridgehead atoms. The van der Waals surface area contributed by atoms with Crippen LogP contribution in [-0.2, 0) is 0 Å². The Kier molecular flexibility index (Phi) is 7.18. The molecular weight excluding hydrogens is 84.3 g/mol. The largest absolute Gasteiger partial charge is 2.00 e. The van der Waals surface area contributed by atoms with Crippen molar-refractivity contribution in [2.45, 2.75) is 0 Å². The maximum absolute atomic E-state index is 8.56. The van der Waals surface area contributed by atoms with E-state index in [-0.39, 0.29) is 25.9 Å². The van der Waals surface area contributed by atoms with E-state index < -0.39 is 6.16 Å². The molecule has 4 heteroatoms. The van der Waals surface area contributed by atoms with E-state index in [0.717, 1.165) is 0 Å². The molecule has 0 atom stereocenters. The van der Waals surface area contributed by atoms with Crippen LogP contribution < -0.4 is 0 Å². The third-order valence-corrected chi connectivity index (χ3v) is 0. The SMILES string of the molecule is O=C(O)O.[H-].[H-].[Mg+2]. The zero-order valence-corrected chi connectivity index (χ0v) is 3.92. The molecule has 0 fully saturated rings. The number of carbonyl (C=O) groups is 1. The molecule has 0 aliphatic carbocycles. The van der Waals surface area contributed by atoms with Crippen molar-refractivity contribution in [2.75, 3.05) is 0 Å². The quantitative estimate of drug-likeness (QED) is 0.412. The minimum absolute atomic E-state index is 0. The fourth-order valence-electron chi connectivity index (χ4n) is 0.